The highest BCUT2D eigenvalue weighted by molar-refractivity contribution is 5.90. The van der Waals surface area contributed by atoms with Gasteiger partial charge in [0.1, 0.15) is 5.82 Å². The molecule has 166 valence electrons. The van der Waals surface area contributed by atoms with Crippen LogP contribution in [0.5, 0.6) is 0 Å². The van der Waals surface area contributed by atoms with Gasteiger partial charge in [0, 0.05) is 24.4 Å². The van der Waals surface area contributed by atoms with E-state index in [9.17, 15) is 14.0 Å². The molecule has 1 aromatic heterocycles. The number of H-pyrrole nitrogens is 1. The van der Waals surface area contributed by atoms with Gasteiger partial charge in [-0.2, -0.15) is 5.10 Å². The molecule has 8 heteroatoms. The van der Waals surface area contributed by atoms with E-state index in [1.807, 2.05) is 36.4 Å². The summed E-state index contributed by atoms with van der Waals surface area (Å²) in [6.45, 7) is 0.404. The number of aromatic amines is 1. The van der Waals surface area contributed by atoms with Crippen LogP contribution in [-0.4, -0.2) is 21.3 Å². The minimum atomic E-state index is -0.610. The number of aromatic nitrogens is 2. The van der Waals surface area contributed by atoms with Gasteiger partial charge < -0.3 is 5.32 Å². The minimum Gasteiger partial charge on any atom is -0.379 e. The summed E-state index contributed by atoms with van der Waals surface area (Å²) in [5.74, 6) is -0.978. The second-order valence-corrected chi connectivity index (χ2v) is 7.44. The molecule has 0 unspecified atom stereocenters. The van der Waals surface area contributed by atoms with Gasteiger partial charge in [0.15, 0.2) is 0 Å². The third-order valence-electron chi connectivity index (χ3n) is 5.18. The zero-order valence-corrected chi connectivity index (χ0v) is 17.5. The molecule has 0 bridgehead atoms. The van der Waals surface area contributed by atoms with Crippen LogP contribution in [0.3, 0.4) is 0 Å². The smallest absolute Gasteiger partial charge is 0.272 e. The summed E-state index contributed by atoms with van der Waals surface area (Å²) in [5, 5.41) is 19.7. The number of nitrogens with zero attached hydrogens (tertiary/aromatic N) is 1. The first kappa shape index (κ1) is 21.9. The van der Waals surface area contributed by atoms with Crippen molar-refractivity contribution in [1.29, 1.82) is 0 Å². The summed E-state index contributed by atoms with van der Waals surface area (Å²) in [7, 11) is 0. The van der Waals surface area contributed by atoms with Crippen LogP contribution >= 0.6 is 0 Å². The van der Waals surface area contributed by atoms with E-state index >= 15 is 0 Å². The van der Waals surface area contributed by atoms with Gasteiger partial charge in [-0.25, -0.2) is 15.0 Å². The molecule has 0 aliphatic carbocycles. The number of carbonyl (C=O) groups excluding carboxylic acids is 1. The highest BCUT2D eigenvalue weighted by atomic mass is 19.1. The number of anilines is 1. The van der Waals surface area contributed by atoms with Gasteiger partial charge in [0.25, 0.3) is 11.5 Å². The summed E-state index contributed by atoms with van der Waals surface area (Å²) in [5.41, 5.74) is 4.93. The molecule has 1 heterocycles. The standard InChI is InChI=1S/C25H21FN4O3/c26-21-11-9-18(13-22-19-3-1-2-4-20(19)25(32)29-28-22)14-23(21)27-15-17-7-5-16(6-8-17)10-12-24(31)30-33/h1-12,14,27,33H,13,15H2,(H,29,32)(H,30,31)/b12-10-. The third-order valence-corrected chi connectivity index (χ3v) is 5.18. The number of hydroxylamine groups is 1. The number of fused-ring (bicyclic) bond motifs is 1. The van der Waals surface area contributed by atoms with Crippen molar-refractivity contribution in [2.75, 3.05) is 5.32 Å². The van der Waals surface area contributed by atoms with Crippen LogP contribution in [0.15, 0.2) is 77.6 Å². The zero-order chi connectivity index (χ0) is 23.2. The molecular formula is C25H21FN4O3. The number of hydrogen-bond acceptors (Lipinski definition) is 5. The molecule has 0 radical (unpaired) electrons. The van der Waals surface area contributed by atoms with E-state index in [1.54, 1.807) is 30.3 Å². The van der Waals surface area contributed by atoms with Gasteiger partial charge in [0.2, 0.25) is 0 Å². The average molecular weight is 444 g/mol. The molecule has 4 rings (SSSR count). The van der Waals surface area contributed by atoms with E-state index in [2.05, 4.69) is 15.5 Å². The molecule has 0 aliphatic rings. The van der Waals surface area contributed by atoms with Crippen molar-refractivity contribution < 1.29 is 14.4 Å². The third kappa shape index (κ3) is 5.31. The molecule has 33 heavy (non-hydrogen) atoms. The first-order valence-electron chi connectivity index (χ1n) is 10.2. The molecule has 3 aromatic carbocycles. The number of nitrogens with one attached hydrogen (secondary N) is 3. The number of benzene rings is 3. The van der Waals surface area contributed by atoms with Gasteiger partial charge in [-0.05, 0) is 41.0 Å². The predicted octanol–water partition coefficient (Wildman–Crippen LogP) is 3.78. The lowest BCUT2D eigenvalue weighted by molar-refractivity contribution is -0.124. The van der Waals surface area contributed by atoms with Crippen LogP contribution in [-0.2, 0) is 17.8 Å². The maximum Gasteiger partial charge on any atom is 0.272 e. The molecule has 0 atom stereocenters. The summed E-state index contributed by atoms with van der Waals surface area (Å²) < 4.78 is 14.4. The van der Waals surface area contributed by atoms with Crippen LogP contribution in [0.2, 0.25) is 0 Å². The van der Waals surface area contributed by atoms with Gasteiger partial charge in [0.05, 0.1) is 16.8 Å². The lowest BCUT2D eigenvalue weighted by Crippen LogP contribution is -2.14. The fraction of sp³-hybridized carbons (Fsp3) is 0.0800. The Balaban J connectivity index is 1.47. The van der Waals surface area contributed by atoms with Crippen molar-refractivity contribution in [2.24, 2.45) is 0 Å². The second kappa shape index (κ2) is 9.88. The van der Waals surface area contributed by atoms with Crippen molar-refractivity contribution in [3.63, 3.8) is 0 Å². The summed E-state index contributed by atoms with van der Waals surface area (Å²) >= 11 is 0. The Hall–Kier alpha value is -4.30. The maximum atomic E-state index is 14.4. The largest absolute Gasteiger partial charge is 0.379 e. The van der Waals surface area contributed by atoms with E-state index in [-0.39, 0.29) is 11.4 Å². The fourth-order valence-electron chi connectivity index (χ4n) is 3.47. The van der Waals surface area contributed by atoms with E-state index in [0.29, 0.717) is 29.7 Å². The average Bonchev–Trinajstić information content (AvgIpc) is 2.85. The molecule has 0 spiro atoms. The summed E-state index contributed by atoms with van der Waals surface area (Å²) in [4.78, 5) is 23.0. The van der Waals surface area contributed by atoms with Gasteiger partial charge in [-0.1, -0.05) is 48.5 Å². The molecule has 1 amide bonds. The lowest BCUT2D eigenvalue weighted by atomic mass is 10.0. The number of halogens is 1. The topological polar surface area (TPSA) is 107 Å². The molecule has 0 fully saturated rings. The summed E-state index contributed by atoms with van der Waals surface area (Å²) in [6.07, 6.45) is 3.23. The Morgan fingerprint density at radius 1 is 1.03 bits per heavy atom. The van der Waals surface area contributed by atoms with Crippen molar-refractivity contribution >= 4 is 28.4 Å². The molecule has 4 aromatic rings. The Kier molecular flexibility index (Phi) is 6.56. The first-order chi connectivity index (χ1) is 16.0. The highest BCUT2D eigenvalue weighted by Crippen LogP contribution is 2.21. The fourth-order valence-corrected chi connectivity index (χ4v) is 3.47. The van der Waals surface area contributed by atoms with E-state index < -0.39 is 5.91 Å². The van der Waals surface area contributed by atoms with Gasteiger partial charge in [-0.3, -0.25) is 14.8 Å². The molecule has 0 aliphatic heterocycles. The van der Waals surface area contributed by atoms with Crippen LogP contribution < -0.4 is 16.4 Å². The Bertz CT molecular complexity index is 1380. The van der Waals surface area contributed by atoms with Crippen molar-refractivity contribution in [3.8, 4) is 0 Å². The maximum absolute atomic E-state index is 14.4. The number of carbonyl (C=O) groups is 1. The SMILES string of the molecule is O=C(/C=C\c1ccc(CNc2cc(Cc3n[nH]c(=O)c4ccccc34)ccc2F)cc1)NO. The molecule has 7 nitrogen and oxygen atoms in total. The van der Waals surface area contributed by atoms with E-state index in [4.69, 9.17) is 5.21 Å². The Labute approximate surface area is 188 Å². The van der Waals surface area contributed by atoms with Crippen LogP contribution in [0, 0.1) is 5.82 Å². The lowest BCUT2D eigenvalue weighted by Gasteiger charge is -2.11. The van der Waals surface area contributed by atoms with Crippen LogP contribution in [0.4, 0.5) is 10.1 Å². The Morgan fingerprint density at radius 3 is 2.52 bits per heavy atom. The first-order valence-corrected chi connectivity index (χ1v) is 10.2. The highest BCUT2D eigenvalue weighted by Gasteiger charge is 2.09. The van der Waals surface area contributed by atoms with E-state index in [1.165, 1.54) is 17.6 Å². The molecule has 4 N–H and O–H groups in total. The van der Waals surface area contributed by atoms with Crippen molar-refractivity contribution in [1.82, 2.24) is 15.7 Å². The Morgan fingerprint density at radius 2 is 1.76 bits per heavy atom. The number of rotatable bonds is 7. The molecule has 0 saturated heterocycles. The second-order valence-electron chi connectivity index (χ2n) is 7.44. The zero-order valence-electron chi connectivity index (χ0n) is 17.5. The minimum absolute atomic E-state index is 0.242. The predicted molar refractivity (Wildman–Crippen MR) is 124 cm³/mol. The number of amides is 1. The quantitative estimate of drug-likeness (QED) is 0.197. The normalized spacial score (nSPS) is 11.1. The van der Waals surface area contributed by atoms with Crippen LogP contribution in [0.1, 0.15) is 22.4 Å². The number of hydrogen-bond donors (Lipinski definition) is 4. The van der Waals surface area contributed by atoms with Gasteiger partial charge >= 0.3 is 0 Å². The van der Waals surface area contributed by atoms with Crippen molar-refractivity contribution in [3.05, 3.63) is 111 Å². The summed E-state index contributed by atoms with van der Waals surface area (Å²) in [6, 6.07) is 19.5. The van der Waals surface area contributed by atoms with Crippen LogP contribution in [0.25, 0.3) is 16.8 Å². The van der Waals surface area contributed by atoms with Gasteiger partial charge in [-0.15, -0.1) is 0 Å². The van der Waals surface area contributed by atoms with Crippen molar-refractivity contribution in [2.45, 2.75) is 13.0 Å². The monoisotopic (exact) mass is 444 g/mol. The molecule has 0 saturated carbocycles. The molecular weight excluding hydrogens is 423 g/mol. The van der Waals surface area contributed by atoms with E-state index in [0.717, 1.165) is 22.1 Å².